The highest BCUT2D eigenvalue weighted by Crippen LogP contribution is 2.41. The molecule has 1 saturated heterocycles. The van der Waals surface area contributed by atoms with E-state index >= 15 is 0 Å². The second-order valence-electron chi connectivity index (χ2n) is 6.96. The number of carboxylic acid groups (broad SMARTS) is 1. The van der Waals surface area contributed by atoms with Crippen LogP contribution in [0.2, 0.25) is 0 Å². The van der Waals surface area contributed by atoms with E-state index < -0.39 is 41.7 Å². The molecule has 0 aliphatic carbocycles. The second kappa shape index (κ2) is 11.2. The van der Waals surface area contributed by atoms with E-state index in [1.165, 1.54) is 40.2 Å². The number of nitrogens with zero attached hydrogens (tertiary/aromatic N) is 5. The molecular weight excluding hydrogens is 555 g/mol. The average molecular weight is 572 g/mol. The fraction of sp³-hybridized carbons (Fsp3) is 0.294. The van der Waals surface area contributed by atoms with Gasteiger partial charge in [-0.2, -0.15) is 0 Å². The quantitative estimate of drug-likeness (QED) is 0.0565. The number of aromatic nitrogens is 3. The summed E-state index contributed by atoms with van der Waals surface area (Å²) in [4.78, 5) is 59.2. The van der Waals surface area contributed by atoms with Crippen LogP contribution in [0.15, 0.2) is 31.7 Å². The van der Waals surface area contributed by atoms with Crippen LogP contribution in [-0.2, 0) is 24.0 Å². The van der Waals surface area contributed by atoms with Crippen molar-refractivity contribution in [3.05, 3.63) is 27.9 Å². The molecule has 4 heterocycles. The first kappa shape index (κ1) is 25.8. The van der Waals surface area contributed by atoms with Crippen LogP contribution in [-0.4, -0.2) is 84.1 Å². The van der Waals surface area contributed by atoms with E-state index in [2.05, 4.69) is 25.7 Å². The molecule has 4 rings (SSSR count). The Hall–Kier alpha value is -3.26. The molecule has 0 saturated carbocycles. The summed E-state index contributed by atoms with van der Waals surface area (Å²) in [5, 5.41) is 24.7. The molecule has 3 amide bonds. The summed E-state index contributed by atoms with van der Waals surface area (Å²) < 4.78 is 0.681. The summed E-state index contributed by atoms with van der Waals surface area (Å²) in [5.74, 6) is 2.33. The van der Waals surface area contributed by atoms with Gasteiger partial charge in [-0.15, -0.1) is 33.3 Å². The van der Waals surface area contributed by atoms with Gasteiger partial charge in [0.15, 0.2) is 21.8 Å². The summed E-state index contributed by atoms with van der Waals surface area (Å²) in [7, 11) is 0. The number of nitrogens with one attached hydrogen (secondary N) is 2. The van der Waals surface area contributed by atoms with Crippen molar-refractivity contribution in [1.82, 2.24) is 30.8 Å². The number of nitrogen functional groups attached to an aromatic ring is 1. The van der Waals surface area contributed by atoms with E-state index in [9.17, 15) is 24.3 Å². The van der Waals surface area contributed by atoms with Crippen LogP contribution in [0, 0.1) is 0 Å². The normalized spacial score (nSPS) is 19.4. The van der Waals surface area contributed by atoms with E-state index in [1.807, 2.05) is 5.43 Å². The number of rotatable bonds is 10. The third-order valence-electron chi connectivity index (χ3n) is 4.74. The zero-order chi connectivity index (χ0) is 25.8. The van der Waals surface area contributed by atoms with Crippen LogP contribution >= 0.6 is 46.2 Å². The van der Waals surface area contributed by atoms with Crippen LogP contribution < -0.4 is 22.3 Å². The largest absolute Gasteiger partial charge is 0.477 e. The number of carboxylic acids is 1. The number of carbonyl (C=O) groups is 4. The van der Waals surface area contributed by atoms with Crippen molar-refractivity contribution >= 4 is 80.7 Å². The monoisotopic (exact) mass is 571 g/mol. The molecule has 0 bridgehead atoms. The molecule has 7 N–H and O–H groups in total. The number of carbonyl (C=O) groups excluding carboxylic acids is 3. The standard InChI is InChI=1S/C17H17N9O6S4/c18-16-21-7(4-34-16)9(25-32-1-8(27)23-19)12(28)22-10-13(29)26-11(15(30)31)6(2-33-14(10)26)3-35-17-24-20-5-36-17/h4-5,10,14H,1-3,19H2,(H2,18,21)(H,22,28)(H,23,27)(H,30,31)/b25-9+/t10?,14-/m1/s1. The average Bonchev–Trinajstić information content (AvgIpc) is 3.54. The van der Waals surface area contributed by atoms with Crippen molar-refractivity contribution in [3.63, 3.8) is 0 Å². The minimum Gasteiger partial charge on any atom is -0.477 e. The number of aliphatic carboxylic acids is 1. The summed E-state index contributed by atoms with van der Waals surface area (Å²) in [6.45, 7) is -0.563. The first-order valence-corrected chi connectivity index (χ1v) is 13.6. The summed E-state index contributed by atoms with van der Waals surface area (Å²) >= 11 is 5.03. The molecule has 36 heavy (non-hydrogen) atoms. The van der Waals surface area contributed by atoms with Gasteiger partial charge in [0.2, 0.25) is 0 Å². The van der Waals surface area contributed by atoms with E-state index in [0.29, 0.717) is 21.4 Å². The van der Waals surface area contributed by atoms with Crippen molar-refractivity contribution < 1.29 is 29.1 Å². The van der Waals surface area contributed by atoms with Crippen molar-refractivity contribution in [2.45, 2.75) is 15.8 Å². The van der Waals surface area contributed by atoms with E-state index in [-0.39, 0.29) is 22.2 Å². The first-order chi connectivity index (χ1) is 17.3. The minimum atomic E-state index is -1.24. The summed E-state index contributed by atoms with van der Waals surface area (Å²) in [6.07, 6.45) is 0. The molecule has 1 unspecified atom stereocenters. The molecule has 2 aromatic heterocycles. The maximum Gasteiger partial charge on any atom is 0.352 e. The van der Waals surface area contributed by atoms with E-state index in [1.54, 1.807) is 5.51 Å². The highest BCUT2D eigenvalue weighted by Gasteiger charge is 2.54. The van der Waals surface area contributed by atoms with Crippen LogP contribution in [0.25, 0.3) is 0 Å². The molecule has 0 radical (unpaired) electrons. The maximum atomic E-state index is 13.0. The smallest absolute Gasteiger partial charge is 0.352 e. The van der Waals surface area contributed by atoms with Crippen LogP contribution in [0.5, 0.6) is 0 Å². The van der Waals surface area contributed by atoms with Gasteiger partial charge in [-0.1, -0.05) is 28.3 Å². The van der Waals surface area contributed by atoms with Crippen LogP contribution in [0.1, 0.15) is 5.69 Å². The Kier molecular flexibility index (Phi) is 8.04. The molecular formula is C17H17N9O6S4. The number of anilines is 1. The predicted molar refractivity (Wildman–Crippen MR) is 132 cm³/mol. The molecule has 1 fully saturated rings. The Morgan fingerprint density at radius 2 is 2.17 bits per heavy atom. The lowest BCUT2D eigenvalue weighted by molar-refractivity contribution is -0.150. The first-order valence-electron chi connectivity index (χ1n) is 9.80. The number of hydrogen-bond donors (Lipinski definition) is 5. The lowest BCUT2D eigenvalue weighted by Crippen LogP contribution is -2.71. The fourth-order valence-electron chi connectivity index (χ4n) is 3.18. The number of hydrogen-bond acceptors (Lipinski definition) is 15. The SMILES string of the molecule is NNC(=O)CO/N=C(/C(=O)NC1C(=O)N2C(C(=O)O)=C(CSc3nncs3)CS[C@H]12)c1csc(N)n1. The van der Waals surface area contributed by atoms with Gasteiger partial charge in [-0.05, 0) is 5.57 Å². The number of thioether (sulfide) groups is 2. The Morgan fingerprint density at radius 1 is 1.36 bits per heavy atom. The number of oxime groups is 1. The number of β-lactam (4-membered cyclic amide) rings is 1. The number of fused-ring (bicyclic) bond motifs is 1. The number of thiazole rings is 1. The Labute approximate surface area is 218 Å². The van der Waals surface area contributed by atoms with Gasteiger partial charge in [0.05, 0.1) is 0 Å². The molecule has 0 spiro atoms. The minimum absolute atomic E-state index is 0.0743. The van der Waals surface area contributed by atoms with Gasteiger partial charge in [-0.3, -0.25) is 24.7 Å². The van der Waals surface area contributed by atoms with E-state index in [0.717, 1.165) is 16.2 Å². The summed E-state index contributed by atoms with van der Waals surface area (Å²) in [6, 6.07) is -1.01. The molecule has 15 nitrogen and oxygen atoms in total. The van der Waals surface area contributed by atoms with Crippen LogP contribution in [0.3, 0.4) is 0 Å². The number of hydrazine groups is 1. The fourth-order valence-corrected chi connectivity index (χ4v) is 6.70. The molecule has 19 heteroatoms. The lowest BCUT2D eigenvalue weighted by atomic mass is 10.0. The van der Waals surface area contributed by atoms with E-state index in [4.69, 9.17) is 16.4 Å². The third kappa shape index (κ3) is 5.43. The predicted octanol–water partition coefficient (Wildman–Crippen LogP) is -1.18. The molecule has 2 atom stereocenters. The van der Waals surface area contributed by atoms with Gasteiger partial charge in [0.25, 0.3) is 17.7 Å². The lowest BCUT2D eigenvalue weighted by Gasteiger charge is -2.49. The maximum absolute atomic E-state index is 13.0. The highest BCUT2D eigenvalue weighted by molar-refractivity contribution is 8.01. The molecule has 2 aromatic rings. The topological polar surface area (TPSA) is 228 Å². The van der Waals surface area contributed by atoms with Gasteiger partial charge in [0.1, 0.15) is 28.3 Å². The third-order valence-corrected chi connectivity index (χ3v) is 8.70. The van der Waals surface area contributed by atoms with Crippen molar-refractivity contribution in [2.24, 2.45) is 11.0 Å². The zero-order valence-corrected chi connectivity index (χ0v) is 21.2. The van der Waals surface area contributed by atoms with Crippen molar-refractivity contribution in [1.29, 1.82) is 0 Å². The van der Waals surface area contributed by atoms with Crippen molar-refractivity contribution in [3.8, 4) is 0 Å². The Morgan fingerprint density at radius 3 is 2.81 bits per heavy atom. The number of amides is 3. The van der Waals surface area contributed by atoms with Gasteiger partial charge >= 0.3 is 5.97 Å². The van der Waals surface area contributed by atoms with Crippen molar-refractivity contribution in [2.75, 3.05) is 23.8 Å². The Balaban J connectivity index is 1.48. The second-order valence-corrected chi connectivity index (χ2v) is 11.0. The van der Waals surface area contributed by atoms with Crippen LogP contribution in [0.4, 0.5) is 5.13 Å². The Bertz CT molecular complexity index is 1250. The highest BCUT2D eigenvalue weighted by atomic mass is 32.2. The molecule has 0 aromatic carbocycles. The zero-order valence-electron chi connectivity index (χ0n) is 17.9. The molecule has 2 aliphatic rings. The summed E-state index contributed by atoms with van der Waals surface area (Å²) in [5.41, 5.74) is 9.28. The molecule has 2 aliphatic heterocycles. The number of nitrogens with two attached hydrogens (primary N) is 2. The van der Waals surface area contributed by atoms with Gasteiger partial charge in [0, 0.05) is 16.9 Å². The molecule has 190 valence electrons. The van der Waals surface area contributed by atoms with Gasteiger partial charge < -0.3 is 21.0 Å². The van der Waals surface area contributed by atoms with Gasteiger partial charge in [-0.25, -0.2) is 15.6 Å².